The van der Waals surface area contributed by atoms with Crippen molar-refractivity contribution in [3.05, 3.63) is 11.4 Å². The smallest absolute Gasteiger partial charge is 0.271 e. The molecule has 0 aliphatic carbocycles. The summed E-state index contributed by atoms with van der Waals surface area (Å²) in [5.41, 5.74) is 11.6. The lowest BCUT2D eigenvalue weighted by molar-refractivity contribution is -0.921. The lowest BCUT2D eigenvalue weighted by atomic mass is 10.2. The van der Waals surface area contributed by atoms with E-state index in [1.54, 1.807) is 0 Å². The van der Waals surface area contributed by atoms with Gasteiger partial charge < -0.3 is 21.1 Å². The fourth-order valence-corrected chi connectivity index (χ4v) is 2.23. The van der Waals surface area contributed by atoms with E-state index in [9.17, 15) is 4.79 Å². The summed E-state index contributed by atoms with van der Waals surface area (Å²) in [6.07, 6.45) is 0. The second-order valence-electron chi connectivity index (χ2n) is 4.67. The van der Waals surface area contributed by atoms with Crippen molar-refractivity contribution in [2.24, 2.45) is 5.73 Å². The number of carbonyl (C=O) groups excluding carboxylic acids is 1. The molecule has 0 spiro atoms. The van der Waals surface area contributed by atoms with Crippen LogP contribution in [0.5, 0.6) is 0 Å². The first-order valence-electron chi connectivity index (χ1n) is 6.41. The van der Waals surface area contributed by atoms with Crippen molar-refractivity contribution in [3.8, 4) is 5.82 Å². The summed E-state index contributed by atoms with van der Waals surface area (Å²) in [6, 6.07) is 0. The molecule has 2 aromatic heterocycles. The molecule has 0 aromatic carbocycles. The Hall–Kier alpha value is -2.53. The maximum atomic E-state index is 11.5. The van der Waals surface area contributed by atoms with E-state index in [-0.39, 0.29) is 17.3 Å². The number of nitrogens with zero attached hydrogens (tertiary/aromatic N) is 5. The summed E-state index contributed by atoms with van der Waals surface area (Å²) in [5.74, 6) is -0.397. The fourth-order valence-electron chi connectivity index (χ4n) is 2.23. The standard InChI is InChI=1S/C10H14N8O3/c11-8-10(15-21-14-8)18-6(7(9(12)19)13-16-18)5-17-1-3-20-4-2-17/h1-5H2,(H2,11,14)(H2,12,19)/p+1. The van der Waals surface area contributed by atoms with Gasteiger partial charge in [0.1, 0.15) is 25.3 Å². The lowest BCUT2D eigenvalue weighted by Gasteiger charge is -2.23. The summed E-state index contributed by atoms with van der Waals surface area (Å²) in [6.45, 7) is 3.46. The molecule has 11 nitrogen and oxygen atoms in total. The molecule has 0 bridgehead atoms. The van der Waals surface area contributed by atoms with Gasteiger partial charge in [-0.25, -0.2) is 4.63 Å². The van der Waals surface area contributed by atoms with Gasteiger partial charge in [0.15, 0.2) is 5.69 Å². The van der Waals surface area contributed by atoms with Crippen molar-refractivity contribution >= 4 is 11.7 Å². The third-order valence-electron chi connectivity index (χ3n) is 3.31. The van der Waals surface area contributed by atoms with E-state index in [0.717, 1.165) is 13.1 Å². The Morgan fingerprint density at radius 1 is 1.33 bits per heavy atom. The number of anilines is 1. The first-order valence-corrected chi connectivity index (χ1v) is 6.41. The summed E-state index contributed by atoms with van der Waals surface area (Å²) in [5, 5.41) is 14.9. The van der Waals surface area contributed by atoms with Crippen LogP contribution in [0, 0.1) is 0 Å². The van der Waals surface area contributed by atoms with Crippen molar-refractivity contribution in [2.45, 2.75) is 6.54 Å². The maximum absolute atomic E-state index is 11.5. The molecule has 0 unspecified atom stereocenters. The van der Waals surface area contributed by atoms with Gasteiger partial charge in [-0.2, -0.15) is 4.68 Å². The minimum atomic E-state index is -0.654. The van der Waals surface area contributed by atoms with E-state index in [0.29, 0.717) is 25.5 Å². The van der Waals surface area contributed by atoms with Gasteiger partial charge >= 0.3 is 0 Å². The number of nitrogen functional groups attached to an aromatic ring is 1. The topological polar surface area (TPSA) is 152 Å². The largest absolute Gasteiger partial charge is 0.378 e. The Bertz CT molecular complexity index is 645. The van der Waals surface area contributed by atoms with Gasteiger partial charge in [0, 0.05) is 0 Å². The SMILES string of the molecule is NC(=O)c1nnn(-c2nonc2N)c1C[NH+]1CCOCC1. The van der Waals surface area contributed by atoms with Gasteiger partial charge in [0.25, 0.3) is 5.91 Å². The van der Waals surface area contributed by atoms with Crippen LogP contribution >= 0.6 is 0 Å². The van der Waals surface area contributed by atoms with E-state index < -0.39 is 5.91 Å². The zero-order chi connectivity index (χ0) is 14.8. The fraction of sp³-hybridized carbons (Fsp3) is 0.500. The first kappa shape index (κ1) is 13.5. The normalized spacial score (nSPS) is 16.2. The number of nitrogens with two attached hydrogens (primary N) is 2. The quantitative estimate of drug-likeness (QED) is 0.531. The number of aromatic nitrogens is 5. The van der Waals surface area contributed by atoms with Crippen LogP contribution in [0.25, 0.3) is 5.82 Å². The van der Waals surface area contributed by atoms with Gasteiger partial charge in [-0.1, -0.05) is 5.21 Å². The Morgan fingerprint density at radius 2 is 2.10 bits per heavy atom. The maximum Gasteiger partial charge on any atom is 0.271 e. The molecule has 3 heterocycles. The lowest BCUT2D eigenvalue weighted by Crippen LogP contribution is -3.12. The first-order chi connectivity index (χ1) is 10.2. The number of carbonyl (C=O) groups is 1. The van der Waals surface area contributed by atoms with Crippen LogP contribution in [-0.4, -0.2) is 57.5 Å². The van der Waals surface area contributed by atoms with Crippen molar-refractivity contribution in [2.75, 3.05) is 32.0 Å². The van der Waals surface area contributed by atoms with Crippen LogP contribution in [-0.2, 0) is 11.3 Å². The minimum Gasteiger partial charge on any atom is -0.378 e. The van der Waals surface area contributed by atoms with E-state index in [1.165, 1.54) is 9.58 Å². The van der Waals surface area contributed by atoms with Crippen molar-refractivity contribution in [3.63, 3.8) is 0 Å². The number of ether oxygens (including phenoxy) is 1. The molecule has 5 N–H and O–H groups in total. The predicted octanol–water partition coefficient (Wildman–Crippen LogP) is -3.25. The number of rotatable bonds is 4. The average Bonchev–Trinajstić information content (AvgIpc) is 3.06. The summed E-state index contributed by atoms with van der Waals surface area (Å²) >= 11 is 0. The summed E-state index contributed by atoms with van der Waals surface area (Å²) < 4.78 is 11.2. The molecular weight excluding hydrogens is 280 g/mol. The number of nitrogens with one attached hydrogen (secondary N) is 1. The van der Waals surface area contributed by atoms with E-state index >= 15 is 0 Å². The van der Waals surface area contributed by atoms with Gasteiger partial charge in [-0.3, -0.25) is 4.79 Å². The van der Waals surface area contributed by atoms with Crippen LogP contribution in [0.15, 0.2) is 4.63 Å². The molecule has 0 atom stereocenters. The van der Waals surface area contributed by atoms with Crippen molar-refractivity contribution in [1.82, 2.24) is 25.3 Å². The summed E-state index contributed by atoms with van der Waals surface area (Å²) in [7, 11) is 0. The van der Waals surface area contributed by atoms with Crippen LogP contribution in [0.1, 0.15) is 16.2 Å². The number of morpholine rings is 1. The molecule has 1 amide bonds. The molecule has 1 saturated heterocycles. The third-order valence-corrected chi connectivity index (χ3v) is 3.31. The van der Waals surface area contributed by atoms with E-state index in [2.05, 4.69) is 25.3 Å². The summed E-state index contributed by atoms with van der Waals surface area (Å²) in [4.78, 5) is 12.7. The highest BCUT2D eigenvalue weighted by atomic mass is 16.6. The molecular formula is C10H15N8O3+. The number of hydrogen-bond acceptors (Lipinski definition) is 8. The Balaban J connectivity index is 1.97. The molecule has 1 aliphatic heterocycles. The number of hydrogen-bond donors (Lipinski definition) is 3. The van der Waals surface area contributed by atoms with Crippen molar-refractivity contribution in [1.29, 1.82) is 0 Å². The Kier molecular flexibility index (Phi) is 3.50. The van der Waals surface area contributed by atoms with Crippen LogP contribution in [0.4, 0.5) is 5.82 Å². The van der Waals surface area contributed by atoms with Crippen LogP contribution in [0.3, 0.4) is 0 Å². The highest BCUT2D eigenvalue weighted by Gasteiger charge is 2.26. The molecule has 0 saturated carbocycles. The van der Waals surface area contributed by atoms with Gasteiger partial charge in [-0.15, -0.1) is 5.10 Å². The Labute approximate surface area is 118 Å². The molecule has 11 heteroatoms. The zero-order valence-electron chi connectivity index (χ0n) is 11.2. The van der Waals surface area contributed by atoms with Crippen molar-refractivity contribution < 1.29 is 19.1 Å². The second-order valence-corrected chi connectivity index (χ2v) is 4.67. The molecule has 3 rings (SSSR count). The van der Waals surface area contributed by atoms with Crippen LogP contribution < -0.4 is 16.4 Å². The zero-order valence-corrected chi connectivity index (χ0v) is 11.2. The number of quaternary nitrogens is 1. The minimum absolute atomic E-state index is 0.0640. The number of amides is 1. The molecule has 21 heavy (non-hydrogen) atoms. The predicted molar refractivity (Wildman–Crippen MR) is 67.4 cm³/mol. The average molecular weight is 295 g/mol. The Morgan fingerprint density at radius 3 is 2.71 bits per heavy atom. The van der Waals surface area contributed by atoms with Crippen LogP contribution in [0.2, 0.25) is 0 Å². The van der Waals surface area contributed by atoms with Gasteiger partial charge in [-0.05, 0) is 10.3 Å². The van der Waals surface area contributed by atoms with Gasteiger partial charge in [0.05, 0.1) is 13.2 Å². The number of primary amides is 1. The molecule has 1 fully saturated rings. The highest BCUT2D eigenvalue weighted by Crippen LogP contribution is 2.14. The second kappa shape index (κ2) is 5.46. The molecule has 2 aromatic rings. The molecule has 1 aliphatic rings. The molecule has 112 valence electrons. The van der Waals surface area contributed by atoms with E-state index in [4.69, 9.17) is 16.2 Å². The van der Waals surface area contributed by atoms with Gasteiger partial charge in [0.2, 0.25) is 11.6 Å². The third kappa shape index (κ3) is 2.55. The van der Waals surface area contributed by atoms with E-state index in [1.807, 2.05) is 0 Å². The molecule has 0 radical (unpaired) electrons. The monoisotopic (exact) mass is 295 g/mol. The highest BCUT2D eigenvalue weighted by molar-refractivity contribution is 5.91.